The molecule has 186 valence electrons. The van der Waals surface area contributed by atoms with Gasteiger partial charge in [0.25, 0.3) is 5.91 Å². The number of hydrogen-bond acceptors (Lipinski definition) is 4. The van der Waals surface area contributed by atoms with Gasteiger partial charge in [0.15, 0.2) is 0 Å². The van der Waals surface area contributed by atoms with Crippen molar-refractivity contribution in [1.29, 1.82) is 0 Å². The molecule has 2 heterocycles. The summed E-state index contributed by atoms with van der Waals surface area (Å²) in [5, 5.41) is 14.9. The Morgan fingerprint density at radius 3 is 2.60 bits per heavy atom. The molecule has 1 aromatic carbocycles. The third kappa shape index (κ3) is 4.75. The Morgan fingerprint density at radius 1 is 1.14 bits per heavy atom. The fourth-order valence-electron chi connectivity index (χ4n) is 5.97. The smallest absolute Gasteiger partial charge is 0.329 e. The van der Waals surface area contributed by atoms with E-state index in [1.165, 1.54) is 24.1 Å². The Kier molecular flexibility index (Phi) is 6.71. The molecule has 0 aliphatic heterocycles. The fraction of sp³-hybridized carbons (Fsp3) is 0.536. The van der Waals surface area contributed by atoms with Gasteiger partial charge >= 0.3 is 5.97 Å². The number of aliphatic carboxylic acids is 1. The molecule has 2 fully saturated rings. The van der Waals surface area contributed by atoms with Crippen LogP contribution in [0.3, 0.4) is 0 Å². The minimum absolute atomic E-state index is 0.329. The highest BCUT2D eigenvalue weighted by Gasteiger charge is 2.42. The van der Waals surface area contributed by atoms with Gasteiger partial charge in [-0.15, -0.1) is 11.3 Å². The zero-order chi connectivity index (χ0) is 24.6. The number of carbonyl (C=O) groups excluding carboxylic acids is 1. The highest BCUT2D eigenvalue weighted by Crippen LogP contribution is 2.38. The molecule has 3 aromatic rings. The molecule has 2 N–H and O–H groups in total. The fourth-order valence-corrected chi connectivity index (χ4v) is 6.67. The second-order valence-corrected chi connectivity index (χ2v) is 11.7. The zero-order valence-electron chi connectivity index (χ0n) is 20.6. The molecule has 5 rings (SSSR count). The molecule has 2 saturated carbocycles. The van der Waals surface area contributed by atoms with Crippen LogP contribution in [0.1, 0.15) is 92.3 Å². The van der Waals surface area contributed by atoms with Gasteiger partial charge in [0, 0.05) is 22.9 Å². The van der Waals surface area contributed by atoms with Crippen molar-refractivity contribution < 1.29 is 14.7 Å². The van der Waals surface area contributed by atoms with E-state index in [4.69, 9.17) is 4.98 Å². The molecular weight excluding hydrogens is 458 g/mol. The number of hydrogen-bond donors (Lipinski definition) is 2. The van der Waals surface area contributed by atoms with E-state index in [0.717, 1.165) is 42.5 Å². The topological polar surface area (TPSA) is 84.2 Å². The summed E-state index contributed by atoms with van der Waals surface area (Å²) < 4.78 is 2.42. The number of aromatic nitrogens is 2. The lowest BCUT2D eigenvalue weighted by Crippen LogP contribution is -2.56. The van der Waals surface area contributed by atoms with E-state index in [0.29, 0.717) is 36.3 Å². The Morgan fingerprint density at radius 2 is 1.91 bits per heavy atom. The number of benzene rings is 1. The van der Waals surface area contributed by atoms with Crippen LogP contribution in [0.25, 0.3) is 11.0 Å². The maximum Gasteiger partial charge on any atom is 0.329 e. The average molecular weight is 494 g/mol. The Balaban J connectivity index is 1.48. The molecule has 35 heavy (non-hydrogen) atoms. The normalized spacial score (nSPS) is 27.1. The van der Waals surface area contributed by atoms with E-state index in [-0.39, 0.29) is 5.91 Å². The first-order valence-electron chi connectivity index (χ1n) is 13.0. The summed E-state index contributed by atoms with van der Waals surface area (Å²) in [6.07, 6.45) is 8.20. The number of nitrogens with one attached hydrogen (secondary N) is 1. The first-order valence-corrected chi connectivity index (χ1v) is 13.8. The number of carboxylic acids is 1. The number of nitrogens with zero attached hydrogens (tertiary/aromatic N) is 2. The van der Waals surface area contributed by atoms with Crippen molar-refractivity contribution in [2.24, 2.45) is 11.8 Å². The third-order valence-corrected chi connectivity index (χ3v) is 9.10. The van der Waals surface area contributed by atoms with Crippen LogP contribution in [0.4, 0.5) is 0 Å². The van der Waals surface area contributed by atoms with Crippen LogP contribution in [0.2, 0.25) is 0 Å². The summed E-state index contributed by atoms with van der Waals surface area (Å²) in [6.45, 7) is 4.47. The monoisotopic (exact) mass is 493 g/mol. The van der Waals surface area contributed by atoms with E-state index >= 15 is 0 Å². The molecule has 1 amide bonds. The number of carboxylic acid groups (broad SMARTS) is 1. The summed E-state index contributed by atoms with van der Waals surface area (Å²) in [7, 11) is 0. The van der Waals surface area contributed by atoms with Gasteiger partial charge in [0.1, 0.15) is 11.4 Å². The maximum atomic E-state index is 13.2. The second-order valence-electron chi connectivity index (χ2n) is 10.7. The highest BCUT2D eigenvalue weighted by atomic mass is 32.1. The van der Waals surface area contributed by atoms with Crippen LogP contribution in [0, 0.1) is 11.8 Å². The van der Waals surface area contributed by atoms with Gasteiger partial charge in [-0.3, -0.25) is 4.79 Å². The van der Waals surface area contributed by atoms with E-state index in [2.05, 4.69) is 41.2 Å². The molecule has 6 nitrogen and oxygen atoms in total. The lowest BCUT2D eigenvalue weighted by Gasteiger charge is -2.36. The molecule has 0 bridgehead atoms. The molecule has 0 spiro atoms. The molecule has 2 atom stereocenters. The number of imidazole rings is 1. The molecule has 2 unspecified atom stereocenters. The maximum absolute atomic E-state index is 13.2. The first kappa shape index (κ1) is 24.0. The number of rotatable bonds is 6. The second kappa shape index (κ2) is 9.76. The average Bonchev–Trinajstić information content (AvgIpc) is 3.48. The summed E-state index contributed by atoms with van der Waals surface area (Å²) in [5.74, 6) is 0.845. The van der Waals surface area contributed by atoms with Crippen LogP contribution >= 0.6 is 11.3 Å². The summed E-state index contributed by atoms with van der Waals surface area (Å²) >= 11 is 1.74. The van der Waals surface area contributed by atoms with Crippen molar-refractivity contribution in [3.63, 3.8) is 0 Å². The zero-order valence-corrected chi connectivity index (χ0v) is 21.4. The molecular formula is C28H35N3O3S. The van der Waals surface area contributed by atoms with Crippen molar-refractivity contribution in [2.45, 2.75) is 83.2 Å². The predicted octanol–water partition coefficient (Wildman–Crippen LogP) is 6.20. The summed E-state index contributed by atoms with van der Waals surface area (Å²) in [5.41, 5.74) is 1.16. The predicted molar refractivity (Wildman–Crippen MR) is 139 cm³/mol. The molecule has 0 saturated heterocycles. The number of thiophene rings is 1. The molecule has 2 aliphatic rings. The van der Waals surface area contributed by atoms with Gasteiger partial charge in [-0.2, -0.15) is 0 Å². The lowest BCUT2D eigenvalue weighted by atomic mass is 9.77. The van der Waals surface area contributed by atoms with Gasteiger partial charge in [-0.25, -0.2) is 9.78 Å². The molecule has 0 radical (unpaired) electrons. The molecule has 2 aromatic heterocycles. The van der Waals surface area contributed by atoms with Crippen molar-refractivity contribution in [3.05, 3.63) is 52.0 Å². The van der Waals surface area contributed by atoms with Crippen molar-refractivity contribution >= 4 is 34.2 Å². The number of carbonyl (C=O) groups is 2. The number of amides is 1. The van der Waals surface area contributed by atoms with Gasteiger partial charge in [0.05, 0.1) is 11.0 Å². The van der Waals surface area contributed by atoms with Crippen LogP contribution < -0.4 is 5.32 Å². The van der Waals surface area contributed by atoms with Crippen LogP contribution in [-0.2, 0) is 11.2 Å². The number of fused-ring (bicyclic) bond motifs is 1. The van der Waals surface area contributed by atoms with E-state index < -0.39 is 11.5 Å². The Hall–Kier alpha value is -2.67. The minimum atomic E-state index is -1.18. The van der Waals surface area contributed by atoms with Gasteiger partial charge in [-0.05, 0) is 80.0 Å². The molecule has 7 heteroatoms. The minimum Gasteiger partial charge on any atom is -0.480 e. The first-order chi connectivity index (χ1) is 16.9. The SMILES string of the molecule is CC1CCC(NC(=O)c2ccc3c(c2)nc(Cc2cccs2)n3C2CCCCC2C)(C(=O)O)CC1. The van der Waals surface area contributed by atoms with E-state index in [9.17, 15) is 14.7 Å². The van der Waals surface area contributed by atoms with E-state index in [1.54, 1.807) is 11.3 Å². The Labute approximate surface area is 210 Å². The quantitative estimate of drug-likeness (QED) is 0.428. The summed E-state index contributed by atoms with van der Waals surface area (Å²) in [6, 6.07) is 10.3. The van der Waals surface area contributed by atoms with Crippen LogP contribution in [0.5, 0.6) is 0 Å². The van der Waals surface area contributed by atoms with Crippen LogP contribution in [-0.4, -0.2) is 32.1 Å². The Bertz CT molecular complexity index is 1210. The lowest BCUT2D eigenvalue weighted by molar-refractivity contribution is -0.146. The largest absolute Gasteiger partial charge is 0.480 e. The third-order valence-electron chi connectivity index (χ3n) is 8.23. The van der Waals surface area contributed by atoms with Crippen molar-refractivity contribution in [2.75, 3.05) is 0 Å². The van der Waals surface area contributed by atoms with Gasteiger partial charge in [-0.1, -0.05) is 32.8 Å². The highest BCUT2D eigenvalue weighted by molar-refractivity contribution is 7.09. The van der Waals surface area contributed by atoms with Crippen LogP contribution in [0.15, 0.2) is 35.7 Å². The van der Waals surface area contributed by atoms with Crippen molar-refractivity contribution in [3.8, 4) is 0 Å². The van der Waals surface area contributed by atoms with Gasteiger partial charge in [0.2, 0.25) is 0 Å². The summed E-state index contributed by atoms with van der Waals surface area (Å²) in [4.78, 5) is 31.7. The van der Waals surface area contributed by atoms with E-state index in [1.807, 2.05) is 18.2 Å². The molecule has 2 aliphatic carbocycles. The van der Waals surface area contributed by atoms with Gasteiger partial charge < -0.3 is 15.0 Å². The standard InChI is InChI=1S/C28H35N3O3S/c1-18-11-13-28(14-12-18,27(33)34)30-26(32)20-9-10-24-22(16-20)29-25(17-21-7-5-15-35-21)31(24)23-8-4-3-6-19(23)2/h5,7,9-10,15-16,18-19,23H,3-4,6,8,11-14,17H2,1-2H3,(H,30,32)(H,33,34). The van der Waals surface area contributed by atoms with Crippen molar-refractivity contribution in [1.82, 2.24) is 14.9 Å².